The number of rotatable bonds is 5. The second-order valence-corrected chi connectivity index (χ2v) is 7.13. The molecule has 1 heterocycles. The molecule has 0 atom stereocenters. The minimum Gasteiger partial charge on any atom is -0.483 e. The van der Waals surface area contributed by atoms with E-state index < -0.39 is 5.97 Å². The van der Waals surface area contributed by atoms with Crippen molar-refractivity contribution >= 4 is 50.8 Å². The Bertz CT molecular complexity index is 742. The highest BCUT2D eigenvalue weighted by molar-refractivity contribution is 14.1. The first-order valence-corrected chi connectivity index (χ1v) is 8.69. The number of para-hydroxylation sites is 1. The van der Waals surface area contributed by atoms with Crippen LogP contribution in [0.15, 0.2) is 24.3 Å². The molecule has 0 fully saturated rings. The topological polar surface area (TPSA) is 64.6 Å². The number of thiophene rings is 1. The van der Waals surface area contributed by atoms with Crippen molar-refractivity contribution in [3.05, 3.63) is 43.8 Å². The molecule has 1 aromatic heterocycles. The lowest BCUT2D eigenvalue weighted by Crippen LogP contribution is -2.21. The Balaban J connectivity index is 2.08. The Kier molecular flexibility index (Phi) is 6.00. The van der Waals surface area contributed by atoms with Crippen molar-refractivity contribution < 1.29 is 19.1 Å². The number of nitrogens with one attached hydrogen (secondary N) is 1. The number of hydrogen-bond donors (Lipinski definition) is 1. The number of benzene rings is 1. The van der Waals surface area contributed by atoms with Gasteiger partial charge in [0.15, 0.2) is 6.61 Å². The highest BCUT2D eigenvalue weighted by Crippen LogP contribution is 2.32. The molecule has 0 saturated carbocycles. The maximum Gasteiger partial charge on any atom is 0.341 e. The van der Waals surface area contributed by atoms with Crippen LogP contribution < -0.4 is 10.1 Å². The third-order valence-electron chi connectivity index (χ3n) is 3.22. The molecule has 2 aromatic rings. The van der Waals surface area contributed by atoms with Crippen molar-refractivity contribution in [3.8, 4) is 5.75 Å². The van der Waals surface area contributed by atoms with E-state index in [0.717, 1.165) is 14.0 Å². The van der Waals surface area contributed by atoms with Crippen LogP contribution in [0.4, 0.5) is 5.00 Å². The second kappa shape index (κ2) is 7.78. The Morgan fingerprint density at radius 2 is 1.96 bits per heavy atom. The Labute approximate surface area is 152 Å². The van der Waals surface area contributed by atoms with E-state index in [-0.39, 0.29) is 12.5 Å². The van der Waals surface area contributed by atoms with E-state index in [9.17, 15) is 9.59 Å². The maximum absolute atomic E-state index is 12.1. The monoisotopic (exact) mass is 445 g/mol. The van der Waals surface area contributed by atoms with E-state index in [4.69, 9.17) is 9.47 Å². The summed E-state index contributed by atoms with van der Waals surface area (Å²) in [4.78, 5) is 24.9. The quantitative estimate of drug-likeness (QED) is 0.562. The minimum atomic E-state index is -0.458. The number of methoxy groups -OCH3 is 1. The van der Waals surface area contributed by atoms with E-state index >= 15 is 0 Å². The predicted octanol–water partition coefficient (Wildman–Crippen LogP) is 3.77. The van der Waals surface area contributed by atoms with Gasteiger partial charge in [0, 0.05) is 4.88 Å². The molecule has 7 heteroatoms. The molecular weight excluding hydrogens is 429 g/mol. The normalized spacial score (nSPS) is 10.3. The summed E-state index contributed by atoms with van der Waals surface area (Å²) in [5, 5.41) is 3.22. The van der Waals surface area contributed by atoms with Crippen LogP contribution in [0.5, 0.6) is 5.75 Å². The number of ether oxygens (including phenoxy) is 2. The van der Waals surface area contributed by atoms with E-state index in [1.54, 1.807) is 6.07 Å². The van der Waals surface area contributed by atoms with Gasteiger partial charge < -0.3 is 14.8 Å². The molecule has 0 spiro atoms. The summed E-state index contributed by atoms with van der Waals surface area (Å²) in [6.07, 6.45) is 0. The van der Waals surface area contributed by atoms with Gasteiger partial charge in [-0.2, -0.15) is 0 Å². The fourth-order valence-electron chi connectivity index (χ4n) is 1.93. The first-order chi connectivity index (χ1) is 10.9. The predicted molar refractivity (Wildman–Crippen MR) is 98.4 cm³/mol. The average molecular weight is 445 g/mol. The molecule has 2 rings (SSSR count). The lowest BCUT2D eigenvalue weighted by Gasteiger charge is -2.09. The summed E-state index contributed by atoms with van der Waals surface area (Å²) < 4.78 is 11.2. The van der Waals surface area contributed by atoms with Crippen LogP contribution in [0.3, 0.4) is 0 Å². The van der Waals surface area contributed by atoms with Gasteiger partial charge in [-0.3, -0.25) is 4.79 Å². The molecule has 0 aliphatic carbocycles. The summed E-state index contributed by atoms with van der Waals surface area (Å²) in [7, 11) is 1.32. The largest absolute Gasteiger partial charge is 0.483 e. The number of aryl methyl sites for hydroxylation is 1. The van der Waals surface area contributed by atoms with Gasteiger partial charge in [-0.1, -0.05) is 12.1 Å². The molecule has 0 radical (unpaired) electrons. The summed E-state index contributed by atoms with van der Waals surface area (Å²) in [5.41, 5.74) is 1.22. The average Bonchev–Trinajstić information content (AvgIpc) is 2.80. The van der Waals surface area contributed by atoms with Crippen molar-refractivity contribution in [3.63, 3.8) is 0 Å². The molecule has 1 amide bonds. The highest BCUT2D eigenvalue weighted by atomic mass is 127. The molecule has 1 N–H and O–H groups in total. The molecular formula is C16H16INO4S. The molecule has 5 nitrogen and oxygen atoms in total. The summed E-state index contributed by atoms with van der Waals surface area (Å²) in [6, 6.07) is 7.44. The van der Waals surface area contributed by atoms with Gasteiger partial charge in [-0.25, -0.2) is 4.79 Å². The maximum atomic E-state index is 12.1. The van der Waals surface area contributed by atoms with Crippen molar-refractivity contribution in [1.82, 2.24) is 0 Å². The third-order valence-corrected chi connectivity index (χ3v) is 5.24. The number of esters is 1. The van der Waals surface area contributed by atoms with Crippen LogP contribution in [0.2, 0.25) is 0 Å². The fourth-order valence-corrected chi connectivity index (χ4v) is 3.54. The molecule has 1 aromatic carbocycles. The lowest BCUT2D eigenvalue weighted by molar-refractivity contribution is -0.118. The van der Waals surface area contributed by atoms with Crippen LogP contribution in [-0.4, -0.2) is 25.6 Å². The van der Waals surface area contributed by atoms with Gasteiger partial charge in [0.25, 0.3) is 5.91 Å². The number of carbonyl (C=O) groups is 2. The van der Waals surface area contributed by atoms with Gasteiger partial charge in [-0.15, -0.1) is 11.3 Å². The molecule has 0 saturated heterocycles. The van der Waals surface area contributed by atoms with Gasteiger partial charge >= 0.3 is 5.97 Å². The third kappa shape index (κ3) is 4.23. The first-order valence-electron chi connectivity index (χ1n) is 6.79. The van der Waals surface area contributed by atoms with Gasteiger partial charge in [0.05, 0.1) is 16.2 Å². The number of hydrogen-bond acceptors (Lipinski definition) is 5. The smallest absolute Gasteiger partial charge is 0.341 e. The van der Waals surface area contributed by atoms with Crippen molar-refractivity contribution in [2.24, 2.45) is 0 Å². The van der Waals surface area contributed by atoms with E-state index in [0.29, 0.717) is 16.3 Å². The lowest BCUT2D eigenvalue weighted by atomic mass is 10.1. The number of carbonyl (C=O) groups excluding carboxylic acids is 2. The molecule has 23 heavy (non-hydrogen) atoms. The van der Waals surface area contributed by atoms with Crippen molar-refractivity contribution in [2.75, 3.05) is 19.0 Å². The zero-order valence-electron chi connectivity index (χ0n) is 12.9. The molecule has 122 valence electrons. The zero-order valence-corrected chi connectivity index (χ0v) is 15.9. The number of anilines is 1. The van der Waals surface area contributed by atoms with E-state index in [1.807, 2.05) is 32.0 Å². The number of halogens is 1. The molecule has 0 aliphatic rings. The van der Waals surface area contributed by atoms with Crippen molar-refractivity contribution in [2.45, 2.75) is 13.8 Å². The van der Waals surface area contributed by atoms with Gasteiger partial charge in [-0.05, 0) is 54.1 Å². The summed E-state index contributed by atoms with van der Waals surface area (Å²) >= 11 is 3.49. The van der Waals surface area contributed by atoms with Gasteiger partial charge in [0.1, 0.15) is 10.8 Å². The summed E-state index contributed by atoms with van der Waals surface area (Å²) in [6.45, 7) is 3.60. The first kappa shape index (κ1) is 17.7. The zero-order chi connectivity index (χ0) is 17.0. The Hall–Kier alpha value is -1.61. The second-order valence-electron chi connectivity index (χ2n) is 4.75. The Morgan fingerprint density at radius 3 is 2.61 bits per heavy atom. The van der Waals surface area contributed by atoms with Crippen LogP contribution >= 0.6 is 33.9 Å². The highest BCUT2D eigenvalue weighted by Gasteiger charge is 2.21. The summed E-state index contributed by atoms with van der Waals surface area (Å²) in [5.74, 6) is -0.133. The Morgan fingerprint density at radius 1 is 1.26 bits per heavy atom. The fraction of sp³-hybridized carbons (Fsp3) is 0.250. The SMILES string of the molecule is COC(=O)c1c(NC(=O)COc2ccccc2I)sc(C)c1C. The van der Waals surface area contributed by atoms with Gasteiger partial charge in [0.2, 0.25) is 0 Å². The molecule has 0 aliphatic heterocycles. The molecule has 0 unspecified atom stereocenters. The van der Waals surface area contributed by atoms with Crippen LogP contribution in [0.1, 0.15) is 20.8 Å². The standard InChI is InChI=1S/C16H16INO4S/c1-9-10(2)23-15(14(9)16(20)21-3)18-13(19)8-22-12-7-5-4-6-11(12)17/h4-7H,8H2,1-3H3,(H,18,19). The van der Waals surface area contributed by atoms with Crippen LogP contribution in [0.25, 0.3) is 0 Å². The van der Waals surface area contributed by atoms with Crippen LogP contribution in [0, 0.1) is 17.4 Å². The molecule has 0 bridgehead atoms. The van der Waals surface area contributed by atoms with Crippen molar-refractivity contribution in [1.29, 1.82) is 0 Å². The minimum absolute atomic E-state index is 0.128. The van der Waals surface area contributed by atoms with Crippen LogP contribution in [-0.2, 0) is 9.53 Å². The van der Waals surface area contributed by atoms with E-state index in [1.165, 1.54) is 18.4 Å². The number of amides is 1. The van der Waals surface area contributed by atoms with E-state index in [2.05, 4.69) is 27.9 Å².